The Balaban J connectivity index is 1.71. The first-order chi connectivity index (χ1) is 9.71. The van der Waals surface area contributed by atoms with Crippen molar-refractivity contribution < 1.29 is 0 Å². The molecular formula is C16H28N4. The lowest BCUT2D eigenvalue weighted by atomic mass is 9.79. The number of nitrogens with one attached hydrogen (secondary N) is 1. The number of aromatic nitrogens is 2. The van der Waals surface area contributed by atoms with Crippen molar-refractivity contribution in [3.63, 3.8) is 0 Å². The minimum atomic E-state index is 0.388. The Morgan fingerprint density at radius 3 is 2.80 bits per heavy atom. The molecule has 1 aliphatic heterocycles. The second kappa shape index (κ2) is 5.86. The molecule has 112 valence electrons. The van der Waals surface area contributed by atoms with Gasteiger partial charge in [-0.3, -0.25) is 9.58 Å². The first-order valence-electron chi connectivity index (χ1n) is 8.18. The van der Waals surface area contributed by atoms with Gasteiger partial charge in [-0.05, 0) is 25.3 Å². The molecule has 1 unspecified atom stereocenters. The van der Waals surface area contributed by atoms with Gasteiger partial charge in [-0.15, -0.1) is 0 Å². The normalized spacial score (nSPS) is 27.0. The fourth-order valence-corrected chi connectivity index (χ4v) is 3.94. The van der Waals surface area contributed by atoms with E-state index in [1.807, 2.05) is 11.7 Å². The third kappa shape index (κ3) is 2.91. The average Bonchev–Trinajstić information content (AvgIpc) is 2.85. The Labute approximate surface area is 122 Å². The molecule has 1 spiro atoms. The molecule has 4 nitrogen and oxygen atoms in total. The number of hydrogen-bond acceptors (Lipinski definition) is 3. The van der Waals surface area contributed by atoms with Gasteiger partial charge in [0.15, 0.2) is 0 Å². The van der Waals surface area contributed by atoms with E-state index in [-0.39, 0.29) is 0 Å². The number of rotatable bonds is 3. The van der Waals surface area contributed by atoms with Crippen LogP contribution < -0.4 is 5.32 Å². The van der Waals surface area contributed by atoms with E-state index in [2.05, 4.69) is 34.5 Å². The van der Waals surface area contributed by atoms with E-state index in [0.717, 1.165) is 13.1 Å². The highest BCUT2D eigenvalue weighted by Gasteiger charge is 2.39. The van der Waals surface area contributed by atoms with Crippen molar-refractivity contribution in [3.8, 4) is 0 Å². The molecule has 0 amide bonds. The first-order valence-corrected chi connectivity index (χ1v) is 8.18. The molecule has 1 N–H and O–H groups in total. The summed E-state index contributed by atoms with van der Waals surface area (Å²) in [5, 5.41) is 8.45. The van der Waals surface area contributed by atoms with Crippen molar-refractivity contribution >= 4 is 0 Å². The summed E-state index contributed by atoms with van der Waals surface area (Å²) in [6.07, 6.45) is 10.2. The van der Waals surface area contributed by atoms with Gasteiger partial charge in [-0.1, -0.05) is 26.2 Å². The van der Waals surface area contributed by atoms with Crippen LogP contribution in [0.4, 0.5) is 0 Å². The van der Waals surface area contributed by atoms with Crippen molar-refractivity contribution in [1.82, 2.24) is 20.0 Å². The molecule has 4 heteroatoms. The molecule has 3 rings (SSSR count). The van der Waals surface area contributed by atoms with E-state index in [4.69, 9.17) is 0 Å². The number of nitrogens with zero attached hydrogens (tertiary/aromatic N) is 3. The maximum Gasteiger partial charge on any atom is 0.0764 e. The summed E-state index contributed by atoms with van der Waals surface area (Å²) in [5.74, 6) is 0. The Bertz CT molecular complexity index is 433. The second-order valence-corrected chi connectivity index (χ2v) is 6.67. The third-order valence-electron chi connectivity index (χ3n) is 5.15. The van der Waals surface area contributed by atoms with Crippen LogP contribution in [0.25, 0.3) is 0 Å². The van der Waals surface area contributed by atoms with Gasteiger partial charge in [-0.25, -0.2) is 0 Å². The van der Waals surface area contributed by atoms with Crippen LogP contribution in [-0.4, -0.2) is 39.4 Å². The summed E-state index contributed by atoms with van der Waals surface area (Å²) in [4.78, 5) is 2.67. The molecule has 1 aromatic rings. The molecule has 1 saturated carbocycles. The van der Waals surface area contributed by atoms with Gasteiger partial charge in [0, 0.05) is 44.5 Å². The molecule has 2 aliphatic rings. The van der Waals surface area contributed by atoms with Gasteiger partial charge >= 0.3 is 0 Å². The van der Waals surface area contributed by atoms with Crippen LogP contribution in [0.2, 0.25) is 0 Å². The SMILES string of the molecule is CCC1CNC2(CCCCC2)CN1Cc1ccn(C)n1. The molecule has 20 heavy (non-hydrogen) atoms. The van der Waals surface area contributed by atoms with Crippen molar-refractivity contribution in [1.29, 1.82) is 0 Å². The number of piperazine rings is 1. The molecule has 1 aromatic heterocycles. The van der Waals surface area contributed by atoms with Gasteiger partial charge in [0.1, 0.15) is 0 Å². The summed E-state index contributed by atoms with van der Waals surface area (Å²) < 4.78 is 1.91. The predicted molar refractivity (Wildman–Crippen MR) is 81.5 cm³/mol. The van der Waals surface area contributed by atoms with E-state index in [0.29, 0.717) is 11.6 Å². The zero-order valence-corrected chi connectivity index (χ0v) is 12.9. The largest absolute Gasteiger partial charge is 0.308 e. The van der Waals surface area contributed by atoms with E-state index in [1.165, 1.54) is 50.8 Å². The molecule has 1 saturated heterocycles. The lowest BCUT2D eigenvalue weighted by Gasteiger charge is -2.49. The van der Waals surface area contributed by atoms with E-state index < -0.39 is 0 Å². The van der Waals surface area contributed by atoms with Gasteiger partial charge in [0.25, 0.3) is 0 Å². The lowest BCUT2D eigenvalue weighted by molar-refractivity contribution is 0.0475. The van der Waals surface area contributed by atoms with Crippen molar-refractivity contribution in [2.24, 2.45) is 7.05 Å². The topological polar surface area (TPSA) is 33.1 Å². The van der Waals surface area contributed by atoms with E-state index in [9.17, 15) is 0 Å². The van der Waals surface area contributed by atoms with Gasteiger partial charge in [0.05, 0.1) is 5.69 Å². The van der Waals surface area contributed by atoms with Crippen LogP contribution in [0.5, 0.6) is 0 Å². The minimum Gasteiger partial charge on any atom is -0.308 e. The highest BCUT2D eigenvalue weighted by atomic mass is 15.3. The minimum absolute atomic E-state index is 0.388. The number of aryl methyl sites for hydroxylation is 1. The summed E-state index contributed by atoms with van der Waals surface area (Å²) >= 11 is 0. The quantitative estimate of drug-likeness (QED) is 0.919. The molecular weight excluding hydrogens is 248 g/mol. The smallest absolute Gasteiger partial charge is 0.0764 e. The third-order valence-corrected chi connectivity index (χ3v) is 5.15. The summed E-state index contributed by atoms with van der Waals surface area (Å²) in [6, 6.07) is 2.81. The van der Waals surface area contributed by atoms with Crippen LogP contribution in [-0.2, 0) is 13.6 Å². The van der Waals surface area contributed by atoms with Crippen molar-refractivity contribution in [2.75, 3.05) is 13.1 Å². The fourth-order valence-electron chi connectivity index (χ4n) is 3.94. The van der Waals surface area contributed by atoms with Crippen LogP contribution in [0, 0.1) is 0 Å². The van der Waals surface area contributed by atoms with Crippen LogP contribution in [0.1, 0.15) is 51.1 Å². The van der Waals surface area contributed by atoms with Gasteiger partial charge in [0.2, 0.25) is 0 Å². The summed E-state index contributed by atoms with van der Waals surface area (Å²) in [5.41, 5.74) is 1.59. The average molecular weight is 276 g/mol. The predicted octanol–water partition coefficient (Wildman–Crippen LogP) is 2.31. The fraction of sp³-hybridized carbons (Fsp3) is 0.812. The van der Waals surface area contributed by atoms with Gasteiger partial charge in [-0.2, -0.15) is 5.10 Å². The van der Waals surface area contributed by atoms with Gasteiger partial charge < -0.3 is 5.32 Å². The van der Waals surface area contributed by atoms with Crippen molar-refractivity contribution in [2.45, 2.75) is 63.6 Å². The highest BCUT2D eigenvalue weighted by Crippen LogP contribution is 2.32. The maximum atomic E-state index is 4.56. The highest BCUT2D eigenvalue weighted by molar-refractivity contribution is 5.04. The van der Waals surface area contributed by atoms with E-state index >= 15 is 0 Å². The Morgan fingerprint density at radius 1 is 1.35 bits per heavy atom. The molecule has 2 heterocycles. The Morgan fingerprint density at radius 2 is 2.15 bits per heavy atom. The van der Waals surface area contributed by atoms with Crippen LogP contribution >= 0.6 is 0 Å². The maximum absolute atomic E-state index is 4.56. The lowest BCUT2D eigenvalue weighted by Crippen LogP contribution is -2.64. The monoisotopic (exact) mass is 276 g/mol. The Hall–Kier alpha value is -0.870. The molecule has 0 aromatic carbocycles. The molecule has 0 bridgehead atoms. The zero-order chi connectivity index (χ0) is 14.0. The Kier molecular flexibility index (Phi) is 4.13. The number of hydrogen-bond donors (Lipinski definition) is 1. The van der Waals surface area contributed by atoms with Crippen molar-refractivity contribution in [3.05, 3.63) is 18.0 Å². The second-order valence-electron chi connectivity index (χ2n) is 6.67. The summed E-state index contributed by atoms with van der Waals surface area (Å²) in [7, 11) is 2.00. The molecule has 1 atom stereocenters. The molecule has 0 radical (unpaired) electrons. The summed E-state index contributed by atoms with van der Waals surface area (Å²) in [6.45, 7) is 5.64. The molecule has 2 fully saturated rings. The molecule has 1 aliphatic carbocycles. The van der Waals surface area contributed by atoms with E-state index in [1.54, 1.807) is 0 Å². The standard InChI is InChI=1S/C16H28N4/c1-3-15-11-17-16(8-5-4-6-9-16)13-20(15)12-14-7-10-19(2)18-14/h7,10,15,17H,3-6,8-9,11-13H2,1-2H3. The van der Waals surface area contributed by atoms with Crippen LogP contribution in [0.15, 0.2) is 12.3 Å². The van der Waals surface area contributed by atoms with Crippen LogP contribution in [0.3, 0.4) is 0 Å². The zero-order valence-electron chi connectivity index (χ0n) is 12.9. The first kappa shape index (κ1) is 14.1.